The summed E-state index contributed by atoms with van der Waals surface area (Å²) in [4.78, 5) is 4.33. The topological polar surface area (TPSA) is 26.0 Å². The summed E-state index contributed by atoms with van der Waals surface area (Å²) in [6.07, 6.45) is -3.94. The quantitative estimate of drug-likeness (QED) is 0.681. The highest BCUT2D eigenvalue weighted by Crippen LogP contribution is 2.29. The van der Waals surface area contributed by atoms with Crippen LogP contribution in [0.2, 0.25) is 0 Å². The second kappa shape index (κ2) is 4.91. The first-order valence-electron chi connectivity index (χ1n) is 6.44. The molecule has 0 aliphatic carbocycles. The Morgan fingerprint density at radius 2 is 1.76 bits per heavy atom. The van der Waals surface area contributed by atoms with Crippen molar-refractivity contribution in [2.45, 2.75) is 19.5 Å². The van der Waals surface area contributed by atoms with E-state index in [9.17, 15) is 13.2 Å². The fourth-order valence-corrected chi connectivity index (χ4v) is 2.14. The molecule has 1 heterocycles. The number of aromatic nitrogens is 1. The van der Waals surface area contributed by atoms with Gasteiger partial charge in [0.05, 0.1) is 5.56 Å². The van der Waals surface area contributed by atoms with Gasteiger partial charge in [-0.15, -0.1) is 0 Å². The van der Waals surface area contributed by atoms with E-state index >= 15 is 0 Å². The van der Waals surface area contributed by atoms with Crippen LogP contribution in [0, 0.1) is 6.92 Å². The summed E-state index contributed by atoms with van der Waals surface area (Å²) in [5.41, 5.74) is 2.59. The van der Waals surface area contributed by atoms with Crippen molar-refractivity contribution in [2.24, 2.45) is 0 Å². The van der Waals surface area contributed by atoms with Crippen LogP contribution in [0.1, 0.15) is 22.6 Å². The Bertz CT molecular complexity index is 772. The Morgan fingerprint density at radius 3 is 2.43 bits per heavy atom. The summed E-state index contributed by atoms with van der Waals surface area (Å²) in [6, 6.07) is 10.7. The Kier molecular flexibility index (Phi) is 3.20. The van der Waals surface area contributed by atoms with E-state index in [0.29, 0.717) is 17.9 Å². The smallest absolute Gasteiger partial charge is 0.416 e. The van der Waals surface area contributed by atoms with E-state index < -0.39 is 11.7 Å². The minimum Gasteiger partial charge on any atom is -0.440 e. The van der Waals surface area contributed by atoms with Crippen molar-refractivity contribution in [1.29, 1.82) is 0 Å². The van der Waals surface area contributed by atoms with Crippen LogP contribution in [0.5, 0.6) is 0 Å². The number of alkyl halides is 3. The Labute approximate surface area is 119 Å². The maximum Gasteiger partial charge on any atom is 0.416 e. The van der Waals surface area contributed by atoms with Crippen molar-refractivity contribution in [3.05, 3.63) is 65.0 Å². The summed E-state index contributed by atoms with van der Waals surface area (Å²) < 4.78 is 43.1. The monoisotopic (exact) mass is 291 g/mol. The van der Waals surface area contributed by atoms with Gasteiger partial charge < -0.3 is 4.42 Å². The van der Waals surface area contributed by atoms with E-state index in [0.717, 1.165) is 28.8 Å². The molecule has 0 N–H and O–H groups in total. The van der Waals surface area contributed by atoms with Crippen LogP contribution in [0.4, 0.5) is 13.2 Å². The van der Waals surface area contributed by atoms with Gasteiger partial charge in [-0.2, -0.15) is 13.2 Å². The second-order valence-electron chi connectivity index (χ2n) is 4.95. The fourth-order valence-electron chi connectivity index (χ4n) is 2.14. The summed E-state index contributed by atoms with van der Waals surface area (Å²) in [5.74, 6) is 0.496. The number of fused-ring (bicyclic) bond motifs is 1. The van der Waals surface area contributed by atoms with Gasteiger partial charge in [-0.25, -0.2) is 4.98 Å². The van der Waals surface area contributed by atoms with Gasteiger partial charge in [0, 0.05) is 6.42 Å². The number of nitrogens with zero attached hydrogens (tertiary/aromatic N) is 1. The number of oxazole rings is 1. The first-order valence-corrected chi connectivity index (χ1v) is 6.44. The highest BCUT2D eigenvalue weighted by atomic mass is 19.4. The van der Waals surface area contributed by atoms with Gasteiger partial charge in [-0.1, -0.05) is 18.2 Å². The second-order valence-corrected chi connectivity index (χ2v) is 4.95. The molecule has 0 spiro atoms. The van der Waals surface area contributed by atoms with Crippen LogP contribution in [-0.4, -0.2) is 4.98 Å². The van der Waals surface area contributed by atoms with E-state index in [1.807, 2.05) is 25.1 Å². The van der Waals surface area contributed by atoms with E-state index in [2.05, 4.69) is 4.98 Å². The molecule has 0 amide bonds. The first kappa shape index (κ1) is 13.7. The molecule has 3 aromatic rings. The minimum atomic E-state index is -4.31. The Balaban J connectivity index is 1.84. The molecule has 0 unspecified atom stereocenters. The Hall–Kier alpha value is -2.30. The third kappa shape index (κ3) is 2.91. The lowest BCUT2D eigenvalue weighted by Crippen LogP contribution is -2.04. The lowest BCUT2D eigenvalue weighted by molar-refractivity contribution is -0.137. The molecular formula is C16H12F3NO. The lowest BCUT2D eigenvalue weighted by Gasteiger charge is -2.06. The van der Waals surface area contributed by atoms with Crippen LogP contribution in [0.25, 0.3) is 11.1 Å². The van der Waals surface area contributed by atoms with Crippen molar-refractivity contribution >= 4 is 11.1 Å². The van der Waals surface area contributed by atoms with Crippen LogP contribution in [-0.2, 0) is 12.6 Å². The molecule has 0 fully saturated rings. The minimum absolute atomic E-state index is 0.367. The van der Waals surface area contributed by atoms with Gasteiger partial charge in [-0.3, -0.25) is 0 Å². The van der Waals surface area contributed by atoms with Gasteiger partial charge in [0.15, 0.2) is 11.5 Å². The third-order valence-corrected chi connectivity index (χ3v) is 3.22. The molecule has 0 aliphatic heterocycles. The summed E-state index contributed by atoms with van der Waals surface area (Å²) in [5, 5.41) is 0. The number of hydrogen-bond donors (Lipinski definition) is 0. The van der Waals surface area contributed by atoms with Crippen molar-refractivity contribution < 1.29 is 17.6 Å². The molecule has 2 nitrogen and oxygen atoms in total. The number of benzene rings is 2. The van der Waals surface area contributed by atoms with Crippen LogP contribution in [0.3, 0.4) is 0 Å². The highest BCUT2D eigenvalue weighted by Gasteiger charge is 2.29. The zero-order valence-corrected chi connectivity index (χ0v) is 11.2. The standard InChI is InChI=1S/C16H12F3NO/c1-10-2-7-13-14(8-10)21-15(20-13)9-11-3-5-12(6-4-11)16(17,18)19/h2-8H,9H2,1H3. The predicted octanol–water partition coefficient (Wildman–Crippen LogP) is 4.75. The van der Waals surface area contributed by atoms with Gasteiger partial charge in [0.1, 0.15) is 5.52 Å². The van der Waals surface area contributed by atoms with Crippen LogP contribution in [0.15, 0.2) is 46.9 Å². The molecular weight excluding hydrogens is 279 g/mol. The average Bonchev–Trinajstić information content (AvgIpc) is 2.79. The molecule has 0 atom stereocenters. The molecule has 5 heteroatoms. The molecule has 21 heavy (non-hydrogen) atoms. The van der Waals surface area contributed by atoms with E-state index in [1.54, 1.807) is 0 Å². The maximum absolute atomic E-state index is 12.5. The van der Waals surface area contributed by atoms with Crippen molar-refractivity contribution in [1.82, 2.24) is 4.98 Å². The first-order chi connectivity index (χ1) is 9.91. The Morgan fingerprint density at radius 1 is 1.05 bits per heavy atom. The summed E-state index contributed by atoms with van der Waals surface area (Å²) in [6.45, 7) is 1.96. The molecule has 0 bridgehead atoms. The highest BCUT2D eigenvalue weighted by molar-refractivity contribution is 5.73. The third-order valence-electron chi connectivity index (χ3n) is 3.22. The number of rotatable bonds is 2. The molecule has 108 valence electrons. The van der Waals surface area contributed by atoms with Gasteiger partial charge in [-0.05, 0) is 42.3 Å². The SMILES string of the molecule is Cc1ccc2nc(Cc3ccc(C(F)(F)F)cc3)oc2c1. The zero-order chi connectivity index (χ0) is 15.0. The molecule has 0 radical (unpaired) electrons. The molecule has 2 aromatic carbocycles. The van der Waals surface area contributed by atoms with Crippen LogP contribution < -0.4 is 0 Å². The molecule has 0 saturated heterocycles. The number of hydrogen-bond acceptors (Lipinski definition) is 2. The number of aryl methyl sites for hydroxylation is 1. The van der Waals surface area contributed by atoms with Gasteiger partial charge >= 0.3 is 6.18 Å². The summed E-state index contributed by atoms with van der Waals surface area (Å²) in [7, 11) is 0. The van der Waals surface area contributed by atoms with Crippen LogP contribution >= 0.6 is 0 Å². The normalized spacial score (nSPS) is 12.0. The maximum atomic E-state index is 12.5. The molecule has 1 aromatic heterocycles. The van der Waals surface area contributed by atoms with E-state index in [1.165, 1.54) is 12.1 Å². The molecule has 0 saturated carbocycles. The largest absolute Gasteiger partial charge is 0.440 e. The number of halogens is 3. The summed E-state index contributed by atoms with van der Waals surface area (Å²) >= 11 is 0. The molecule has 0 aliphatic rings. The van der Waals surface area contributed by atoms with Gasteiger partial charge in [0.2, 0.25) is 0 Å². The zero-order valence-electron chi connectivity index (χ0n) is 11.2. The van der Waals surface area contributed by atoms with Crippen molar-refractivity contribution in [3.8, 4) is 0 Å². The van der Waals surface area contributed by atoms with Gasteiger partial charge in [0.25, 0.3) is 0 Å². The van der Waals surface area contributed by atoms with E-state index in [-0.39, 0.29) is 0 Å². The fraction of sp³-hybridized carbons (Fsp3) is 0.188. The average molecular weight is 291 g/mol. The van der Waals surface area contributed by atoms with Crippen molar-refractivity contribution in [3.63, 3.8) is 0 Å². The predicted molar refractivity (Wildman–Crippen MR) is 73.0 cm³/mol. The lowest BCUT2D eigenvalue weighted by atomic mass is 10.1. The van der Waals surface area contributed by atoms with Crippen molar-refractivity contribution in [2.75, 3.05) is 0 Å². The van der Waals surface area contributed by atoms with E-state index in [4.69, 9.17) is 4.42 Å². The molecule has 3 rings (SSSR count).